The Morgan fingerprint density at radius 2 is 1.73 bits per heavy atom. The number of hydrogen-bond donors (Lipinski definition) is 0. The van der Waals surface area contributed by atoms with Gasteiger partial charge in [-0.3, -0.25) is 4.79 Å². The van der Waals surface area contributed by atoms with E-state index in [0.717, 1.165) is 6.42 Å². The maximum Gasteiger partial charge on any atom is 0.347 e. The molecule has 0 fully saturated rings. The van der Waals surface area contributed by atoms with Crippen LogP contribution in [0.15, 0.2) is 57.9 Å². The number of esters is 1. The summed E-state index contributed by atoms with van der Waals surface area (Å²) in [5.74, 6) is 1.23. The van der Waals surface area contributed by atoms with E-state index < -0.39 is 12.1 Å². The van der Waals surface area contributed by atoms with Crippen LogP contribution < -0.4 is 19.6 Å². The lowest BCUT2D eigenvalue weighted by atomic mass is 10.2. The normalized spacial score (nSPS) is 11.7. The number of methoxy groups -OCH3 is 1. The molecule has 30 heavy (non-hydrogen) atoms. The number of rotatable bonds is 9. The van der Waals surface area contributed by atoms with E-state index in [0.29, 0.717) is 41.2 Å². The predicted molar refractivity (Wildman–Crippen MR) is 112 cm³/mol. The van der Waals surface area contributed by atoms with Crippen LogP contribution >= 0.6 is 0 Å². The summed E-state index contributed by atoms with van der Waals surface area (Å²) in [6.07, 6.45) is 1.73. The zero-order valence-electron chi connectivity index (χ0n) is 17.2. The molecule has 1 unspecified atom stereocenters. The van der Waals surface area contributed by atoms with Crippen LogP contribution in [0.25, 0.3) is 11.0 Å². The van der Waals surface area contributed by atoms with Crippen molar-refractivity contribution >= 4 is 16.9 Å². The van der Waals surface area contributed by atoms with Crippen molar-refractivity contribution in [1.29, 1.82) is 0 Å². The smallest absolute Gasteiger partial charge is 0.347 e. The summed E-state index contributed by atoms with van der Waals surface area (Å²) in [5, 5.41) is 0.343. The van der Waals surface area contributed by atoms with Crippen LogP contribution in [0.1, 0.15) is 26.7 Å². The average Bonchev–Trinajstić information content (AvgIpc) is 2.78. The summed E-state index contributed by atoms with van der Waals surface area (Å²) in [7, 11) is 1.57. The van der Waals surface area contributed by atoms with E-state index in [2.05, 4.69) is 0 Å². The van der Waals surface area contributed by atoms with Gasteiger partial charge in [-0.15, -0.1) is 0 Å². The Hall–Kier alpha value is -3.48. The lowest BCUT2D eigenvalue weighted by molar-refractivity contribution is -0.152. The van der Waals surface area contributed by atoms with Crippen molar-refractivity contribution in [2.45, 2.75) is 32.8 Å². The van der Waals surface area contributed by atoms with E-state index in [1.807, 2.05) is 13.8 Å². The Labute approximate surface area is 174 Å². The second kappa shape index (κ2) is 9.82. The highest BCUT2D eigenvalue weighted by Crippen LogP contribution is 2.26. The molecule has 0 radical (unpaired) electrons. The molecule has 7 nitrogen and oxygen atoms in total. The molecule has 1 atom stereocenters. The molecule has 0 aliphatic carbocycles. The van der Waals surface area contributed by atoms with E-state index in [1.165, 1.54) is 6.26 Å². The first-order valence-corrected chi connectivity index (χ1v) is 9.76. The number of carbonyl (C=O) groups excluding carboxylic acids is 1. The zero-order chi connectivity index (χ0) is 21.5. The van der Waals surface area contributed by atoms with Gasteiger partial charge in [0.05, 0.1) is 19.1 Å². The van der Waals surface area contributed by atoms with Crippen LogP contribution in [0.4, 0.5) is 0 Å². The van der Waals surface area contributed by atoms with Gasteiger partial charge >= 0.3 is 5.97 Å². The van der Waals surface area contributed by atoms with Gasteiger partial charge in [-0.25, -0.2) is 4.79 Å². The van der Waals surface area contributed by atoms with Gasteiger partial charge in [-0.1, -0.05) is 13.8 Å². The van der Waals surface area contributed by atoms with Crippen LogP contribution in [-0.2, 0) is 9.53 Å². The standard InChI is InChI=1S/C23H24O7/c1-4-12-27-23(25)19(5-2)30-17-10-11-18-20(13-17)28-14-21(22(18)24)29-16-8-6-15(26-3)7-9-16/h6-11,13-14,19H,4-5,12H2,1-3H3. The Morgan fingerprint density at radius 1 is 1.03 bits per heavy atom. The molecule has 0 bridgehead atoms. The summed E-state index contributed by atoms with van der Waals surface area (Å²) >= 11 is 0. The number of benzene rings is 2. The first-order valence-electron chi connectivity index (χ1n) is 9.76. The van der Waals surface area contributed by atoms with Gasteiger partial charge in [0, 0.05) is 6.07 Å². The highest BCUT2D eigenvalue weighted by atomic mass is 16.6. The SMILES string of the molecule is CCCOC(=O)C(CC)Oc1ccc2c(=O)c(Oc3ccc(OC)cc3)coc2c1. The Morgan fingerprint density at radius 3 is 2.40 bits per heavy atom. The highest BCUT2D eigenvalue weighted by molar-refractivity contribution is 5.79. The Balaban J connectivity index is 1.79. The second-order valence-electron chi connectivity index (χ2n) is 6.55. The molecule has 0 aliphatic heterocycles. The van der Waals surface area contributed by atoms with Crippen molar-refractivity contribution in [2.24, 2.45) is 0 Å². The molecule has 0 aliphatic rings. The van der Waals surface area contributed by atoms with Crippen molar-refractivity contribution in [3.63, 3.8) is 0 Å². The summed E-state index contributed by atoms with van der Waals surface area (Å²) < 4.78 is 27.2. The average molecular weight is 412 g/mol. The first-order chi connectivity index (χ1) is 14.5. The van der Waals surface area contributed by atoms with Gasteiger partial charge in [0.15, 0.2) is 6.10 Å². The van der Waals surface area contributed by atoms with E-state index in [1.54, 1.807) is 49.6 Å². The van der Waals surface area contributed by atoms with Crippen LogP contribution in [0, 0.1) is 0 Å². The van der Waals surface area contributed by atoms with Gasteiger partial charge in [-0.05, 0) is 49.2 Å². The summed E-state index contributed by atoms with van der Waals surface area (Å²) in [4.78, 5) is 24.8. The monoisotopic (exact) mass is 412 g/mol. The lowest BCUT2D eigenvalue weighted by Crippen LogP contribution is -2.28. The number of carbonyl (C=O) groups is 1. The molecule has 1 aromatic heterocycles. The minimum Gasteiger partial charge on any atom is -0.497 e. The molecule has 158 valence electrons. The molecule has 3 rings (SSSR count). The van der Waals surface area contributed by atoms with Crippen LogP contribution in [-0.4, -0.2) is 25.8 Å². The van der Waals surface area contributed by atoms with Crippen LogP contribution in [0.3, 0.4) is 0 Å². The van der Waals surface area contributed by atoms with Crippen LogP contribution in [0.2, 0.25) is 0 Å². The molecule has 2 aromatic carbocycles. The molecule has 3 aromatic rings. The van der Waals surface area contributed by atoms with Crippen molar-refractivity contribution < 1.29 is 28.2 Å². The molecule has 0 N–H and O–H groups in total. The zero-order valence-corrected chi connectivity index (χ0v) is 17.2. The molecule has 0 amide bonds. The van der Waals surface area contributed by atoms with Crippen molar-refractivity contribution in [1.82, 2.24) is 0 Å². The van der Waals surface area contributed by atoms with Gasteiger partial charge in [-0.2, -0.15) is 0 Å². The molecule has 0 saturated heterocycles. The quantitative estimate of drug-likeness (QED) is 0.471. The largest absolute Gasteiger partial charge is 0.497 e. The highest BCUT2D eigenvalue weighted by Gasteiger charge is 2.20. The maximum atomic E-state index is 12.7. The van der Waals surface area contributed by atoms with Gasteiger partial charge < -0.3 is 23.4 Å². The molecule has 7 heteroatoms. The van der Waals surface area contributed by atoms with E-state index in [9.17, 15) is 9.59 Å². The summed E-state index contributed by atoms with van der Waals surface area (Å²) in [6.45, 7) is 4.11. The number of fused-ring (bicyclic) bond motifs is 1. The topological polar surface area (TPSA) is 84.2 Å². The van der Waals surface area contributed by atoms with Crippen molar-refractivity contribution in [3.05, 3.63) is 59.0 Å². The van der Waals surface area contributed by atoms with Gasteiger partial charge in [0.2, 0.25) is 11.2 Å². The molecular formula is C23H24O7. The molecule has 0 spiro atoms. The second-order valence-corrected chi connectivity index (χ2v) is 6.55. The third-order valence-corrected chi connectivity index (χ3v) is 4.36. The van der Waals surface area contributed by atoms with E-state index in [4.69, 9.17) is 23.4 Å². The van der Waals surface area contributed by atoms with Gasteiger partial charge in [0.1, 0.15) is 29.1 Å². The Bertz CT molecular complexity index is 1050. The third kappa shape index (κ3) is 4.92. The number of ether oxygens (including phenoxy) is 4. The summed E-state index contributed by atoms with van der Waals surface area (Å²) in [5.41, 5.74) is 0.0179. The fourth-order valence-electron chi connectivity index (χ4n) is 2.76. The van der Waals surface area contributed by atoms with Crippen molar-refractivity contribution in [3.8, 4) is 23.0 Å². The Kier molecular flexibility index (Phi) is 6.95. The molecular weight excluding hydrogens is 388 g/mol. The fraction of sp³-hybridized carbons (Fsp3) is 0.304. The fourth-order valence-corrected chi connectivity index (χ4v) is 2.76. The maximum absolute atomic E-state index is 12.7. The third-order valence-electron chi connectivity index (χ3n) is 4.36. The minimum atomic E-state index is -0.724. The minimum absolute atomic E-state index is 0.0657. The van der Waals surface area contributed by atoms with E-state index >= 15 is 0 Å². The van der Waals surface area contributed by atoms with E-state index in [-0.39, 0.29) is 11.2 Å². The lowest BCUT2D eigenvalue weighted by Gasteiger charge is -2.16. The number of hydrogen-bond acceptors (Lipinski definition) is 7. The van der Waals surface area contributed by atoms with Crippen LogP contribution in [0.5, 0.6) is 23.0 Å². The predicted octanol–water partition coefficient (Wildman–Crippen LogP) is 4.70. The first kappa shape index (κ1) is 21.2. The summed E-state index contributed by atoms with van der Waals surface area (Å²) in [6, 6.07) is 11.6. The van der Waals surface area contributed by atoms with Gasteiger partial charge in [0.25, 0.3) is 0 Å². The molecule has 0 saturated carbocycles. The molecule has 1 heterocycles. The van der Waals surface area contributed by atoms with Crippen molar-refractivity contribution in [2.75, 3.05) is 13.7 Å².